The van der Waals surface area contributed by atoms with Crippen LogP contribution in [0, 0.1) is 0 Å². The lowest BCUT2D eigenvalue weighted by Gasteiger charge is -2.23. The Morgan fingerprint density at radius 1 is 1.19 bits per heavy atom. The highest BCUT2D eigenvalue weighted by Crippen LogP contribution is 2.28. The summed E-state index contributed by atoms with van der Waals surface area (Å²) in [5.41, 5.74) is 3.45. The Morgan fingerprint density at radius 2 is 1.96 bits per heavy atom. The predicted molar refractivity (Wildman–Crippen MR) is 102 cm³/mol. The number of nitrogens with zero attached hydrogens (tertiary/aromatic N) is 1. The SMILES string of the molecule is CC(=O)N(C)Cc1ccccc1NC(=O)C(=O)NC1CCCc2[nH]ccc21. The Hall–Kier alpha value is -3.09. The van der Waals surface area contributed by atoms with E-state index in [4.69, 9.17) is 0 Å². The van der Waals surface area contributed by atoms with Crippen molar-refractivity contribution in [2.45, 2.75) is 38.8 Å². The molecule has 7 heteroatoms. The zero-order valence-corrected chi connectivity index (χ0v) is 15.5. The van der Waals surface area contributed by atoms with Gasteiger partial charge >= 0.3 is 11.8 Å². The summed E-state index contributed by atoms with van der Waals surface area (Å²) < 4.78 is 0. The average molecular weight is 368 g/mol. The molecule has 27 heavy (non-hydrogen) atoms. The van der Waals surface area contributed by atoms with Gasteiger partial charge in [-0.1, -0.05) is 18.2 Å². The third-order valence-corrected chi connectivity index (χ3v) is 4.89. The maximum Gasteiger partial charge on any atom is 0.313 e. The highest BCUT2D eigenvalue weighted by atomic mass is 16.2. The first-order valence-corrected chi connectivity index (χ1v) is 9.03. The minimum Gasteiger partial charge on any atom is -0.365 e. The van der Waals surface area contributed by atoms with Crippen LogP contribution in [0.15, 0.2) is 36.5 Å². The number of hydrogen-bond donors (Lipinski definition) is 3. The minimum atomic E-state index is -0.712. The van der Waals surface area contributed by atoms with Crippen molar-refractivity contribution < 1.29 is 14.4 Å². The molecular formula is C20H24N4O3. The average Bonchev–Trinajstić information content (AvgIpc) is 3.13. The summed E-state index contributed by atoms with van der Waals surface area (Å²) in [6.45, 7) is 1.83. The molecule has 7 nitrogen and oxygen atoms in total. The third-order valence-electron chi connectivity index (χ3n) is 4.89. The number of H-pyrrole nitrogens is 1. The van der Waals surface area contributed by atoms with Crippen LogP contribution in [0.3, 0.4) is 0 Å². The Kier molecular flexibility index (Phi) is 5.59. The van der Waals surface area contributed by atoms with Gasteiger partial charge in [-0.05, 0) is 42.5 Å². The van der Waals surface area contributed by atoms with Crippen LogP contribution < -0.4 is 10.6 Å². The number of hydrogen-bond acceptors (Lipinski definition) is 3. The molecule has 0 fully saturated rings. The quantitative estimate of drug-likeness (QED) is 0.722. The van der Waals surface area contributed by atoms with E-state index in [1.807, 2.05) is 24.4 Å². The van der Waals surface area contributed by atoms with Crippen LogP contribution in [0.25, 0.3) is 0 Å². The van der Waals surface area contributed by atoms with Crippen molar-refractivity contribution in [1.82, 2.24) is 15.2 Å². The molecule has 0 aliphatic heterocycles. The van der Waals surface area contributed by atoms with Gasteiger partial charge in [0.05, 0.1) is 6.04 Å². The van der Waals surface area contributed by atoms with Gasteiger partial charge in [-0.3, -0.25) is 14.4 Å². The number of aromatic amines is 1. The van der Waals surface area contributed by atoms with E-state index in [0.717, 1.165) is 36.1 Å². The van der Waals surface area contributed by atoms with Crippen LogP contribution in [0.2, 0.25) is 0 Å². The maximum absolute atomic E-state index is 12.4. The number of aryl methyl sites for hydroxylation is 1. The molecule has 1 aliphatic carbocycles. The van der Waals surface area contributed by atoms with E-state index < -0.39 is 11.8 Å². The van der Waals surface area contributed by atoms with Crippen LogP contribution in [-0.4, -0.2) is 34.7 Å². The first-order valence-electron chi connectivity index (χ1n) is 9.03. The number of anilines is 1. The Bertz CT molecular complexity index is 858. The van der Waals surface area contributed by atoms with Crippen LogP contribution in [0.5, 0.6) is 0 Å². The van der Waals surface area contributed by atoms with Crippen LogP contribution in [-0.2, 0) is 27.3 Å². The second-order valence-electron chi connectivity index (χ2n) is 6.82. The van der Waals surface area contributed by atoms with Crippen molar-refractivity contribution in [1.29, 1.82) is 0 Å². The van der Waals surface area contributed by atoms with Gasteiger partial charge in [-0.25, -0.2) is 0 Å². The zero-order chi connectivity index (χ0) is 19.4. The molecule has 1 heterocycles. The number of nitrogens with one attached hydrogen (secondary N) is 3. The van der Waals surface area contributed by atoms with Gasteiger partial charge < -0.3 is 20.5 Å². The minimum absolute atomic E-state index is 0.0755. The fourth-order valence-electron chi connectivity index (χ4n) is 3.30. The molecule has 1 aromatic heterocycles. The van der Waals surface area contributed by atoms with Crippen molar-refractivity contribution >= 4 is 23.4 Å². The molecule has 142 valence electrons. The predicted octanol–water partition coefficient (Wildman–Crippen LogP) is 2.13. The summed E-state index contributed by atoms with van der Waals surface area (Å²) in [4.78, 5) is 41.0. The molecule has 1 aliphatic rings. The molecule has 1 aromatic carbocycles. The number of fused-ring (bicyclic) bond motifs is 1. The highest BCUT2D eigenvalue weighted by Gasteiger charge is 2.25. The van der Waals surface area contributed by atoms with Gasteiger partial charge in [0.2, 0.25) is 5.91 Å². The van der Waals surface area contributed by atoms with Crippen molar-refractivity contribution in [3.8, 4) is 0 Å². The van der Waals surface area contributed by atoms with E-state index in [0.29, 0.717) is 12.2 Å². The summed E-state index contributed by atoms with van der Waals surface area (Å²) in [6.07, 6.45) is 4.58. The Morgan fingerprint density at radius 3 is 2.74 bits per heavy atom. The summed E-state index contributed by atoms with van der Waals surface area (Å²) in [7, 11) is 1.69. The molecule has 3 amide bonds. The standard InChI is InChI=1S/C20H24N4O3/c1-13(25)24(2)12-14-6-3-4-7-16(14)22-19(26)20(27)23-18-9-5-8-17-15(18)10-11-21-17/h3-4,6-7,10-11,18,21H,5,8-9,12H2,1-2H3,(H,22,26)(H,23,27). The molecule has 0 bridgehead atoms. The van der Waals surface area contributed by atoms with Crippen LogP contribution >= 0.6 is 0 Å². The number of carbonyl (C=O) groups excluding carboxylic acids is 3. The molecule has 3 rings (SSSR count). The molecule has 1 atom stereocenters. The second-order valence-corrected chi connectivity index (χ2v) is 6.82. The van der Waals surface area contributed by atoms with E-state index >= 15 is 0 Å². The smallest absolute Gasteiger partial charge is 0.313 e. The van der Waals surface area contributed by atoms with E-state index in [-0.39, 0.29) is 11.9 Å². The highest BCUT2D eigenvalue weighted by molar-refractivity contribution is 6.39. The lowest BCUT2D eigenvalue weighted by atomic mass is 9.93. The van der Waals surface area contributed by atoms with Gasteiger partial charge in [0, 0.05) is 38.1 Å². The maximum atomic E-state index is 12.4. The van der Waals surface area contributed by atoms with Crippen LogP contribution in [0.4, 0.5) is 5.69 Å². The third kappa shape index (κ3) is 4.36. The number of aromatic nitrogens is 1. The largest absolute Gasteiger partial charge is 0.365 e. The van der Waals surface area contributed by atoms with Gasteiger partial charge in [0.15, 0.2) is 0 Å². The molecular weight excluding hydrogens is 344 g/mol. The number of carbonyl (C=O) groups is 3. The van der Waals surface area contributed by atoms with Crippen LogP contribution in [0.1, 0.15) is 42.6 Å². The van der Waals surface area contributed by atoms with Crippen molar-refractivity contribution in [2.24, 2.45) is 0 Å². The lowest BCUT2D eigenvalue weighted by Crippen LogP contribution is -2.39. The molecule has 2 aromatic rings. The van der Waals surface area contributed by atoms with Gasteiger partial charge in [0.25, 0.3) is 0 Å². The molecule has 0 radical (unpaired) electrons. The number of para-hydroxylation sites is 1. The Labute approximate surface area is 158 Å². The van der Waals surface area contributed by atoms with E-state index in [1.165, 1.54) is 6.92 Å². The summed E-state index contributed by atoms with van der Waals surface area (Å²) in [5, 5.41) is 5.49. The van der Waals surface area contributed by atoms with Gasteiger partial charge in [-0.15, -0.1) is 0 Å². The molecule has 0 spiro atoms. The van der Waals surface area contributed by atoms with E-state index in [1.54, 1.807) is 24.1 Å². The normalized spacial score (nSPS) is 15.6. The van der Waals surface area contributed by atoms with Gasteiger partial charge in [0.1, 0.15) is 0 Å². The monoisotopic (exact) mass is 368 g/mol. The van der Waals surface area contributed by atoms with Crippen molar-refractivity contribution in [3.05, 3.63) is 53.3 Å². The van der Waals surface area contributed by atoms with E-state index in [9.17, 15) is 14.4 Å². The Balaban J connectivity index is 1.66. The topological polar surface area (TPSA) is 94.3 Å². The summed E-state index contributed by atoms with van der Waals surface area (Å²) in [6, 6.07) is 8.94. The first-order chi connectivity index (χ1) is 13.0. The first kappa shape index (κ1) is 18.7. The summed E-state index contributed by atoms with van der Waals surface area (Å²) in [5.74, 6) is -1.45. The fourth-order valence-corrected chi connectivity index (χ4v) is 3.30. The molecule has 1 unspecified atom stereocenters. The number of benzene rings is 1. The lowest BCUT2D eigenvalue weighted by molar-refractivity contribution is -0.136. The molecule has 3 N–H and O–H groups in total. The van der Waals surface area contributed by atoms with E-state index in [2.05, 4.69) is 15.6 Å². The number of rotatable bonds is 4. The van der Waals surface area contributed by atoms with Gasteiger partial charge in [-0.2, -0.15) is 0 Å². The molecule has 0 saturated heterocycles. The zero-order valence-electron chi connectivity index (χ0n) is 15.5. The molecule has 0 saturated carbocycles. The summed E-state index contributed by atoms with van der Waals surface area (Å²) >= 11 is 0. The number of amides is 3. The second kappa shape index (κ2) is 8.07. The van der Waals surface area contributed by atoms with Crippen molar-refractivity contribution in [2.75, 3.05) is 12.4 Å². The fraction of sp³-hybridized carbons (Fsp3) is 0.350. The van der Waals surface area contributed by atoms with Crippen molar-refractivity contribution in [3.63, 3.8) is 0 Å².